The van der Waals surface area contributed by atoms with Crippen LogP contribution in [0.4, 0.5) is 32.0 Å². The van der Waals surface area contributed by atoms with Crippen LogP contribution in [0.1, 0.15) is 25.0 Å². The molecule has 0 aliphatic rings. The van der Waals surface area contributed by atoms with Gasteiger partial charge in [0.2, 0.25) is 0 Å². The topological polar surface area (TPSA) is 64.6 Å². The quantitative estimate of drug-likeness (QED) is 0.572. The molecule has 0 fully saturated rings. The van der Waals surface area contributed by atoms with E-state index < -0.39 is 38.4 Å². The minimum Gasteiger partial charge on any atom is -0.494 e. The normalized spacial score (nSPS) is 12.5. The number of hydrogen-bond donors (Lipinski definition) is 1. The summed E-state index contributed by atoms with van der Waals surface area (Å²) in [5, 5.41) is 0. The monoisotopic (exact) mass is 457 g/mol. The van der Waals surface area contributed by atoms with Crippen molar-refractivity contribution in [1.29, 1.82) is 0 Å². The zero-order valence-electron chi connectivity index (χ0n) is 15.7. The number of nitrogens with one attached hydrogen (secondary N) is 1. The molecule has 0 aliphatic heterocycles. The first-order valence-electron chi connectivity index (χ1n) is 8.50. The molecule has 2 rings (SSSR count). The highest BCUT2D eigenvalue weighted by Gasteiger charge is 2.38. The third-order valence-corrected chi connectivity index (χ3v) is 5.02. The Labute approximate surface area is 168 Å². The van der Waals surface area contributed by atoms with Crippen LogP contribution in [0.5, 0.6) is 11.5 Å². The first-order chi connectivity index (χ1) is 13.8. The van der Waals surface area contributed by atoms with Crippen LogP contribution >= 0.6 is 0 Å². The van der Waals surface area contributed by atoms with Gasteiger partial charge in [0.25, 0.3) is 10.0 Å². The molecule has 0 amide bonds. The summed E-state index contributed by atoms with van der Waals surface area (Å²) in [6.07, 6.45) is -10.4. The summed E-state index contributed by atoms with van der Waals surface area (Å²) in [6, 6.07) is 4.15. The molecular formula is C18H17F6NO4S. The van der Waals surface area contributed by atoms with Gasteiger partial charge in [0, 0.05) is 6.07 Å². The van der Waals surface area contributed by atoms with Gasteiger partial charge in [0.1, 0.15) is 11.5 Å². The summed E-state index contributed by atoms with van der Waals surface area (Å²) in [7, 11) is -4.84. The van der Waals surface area contributed by atoms with Gasteiger partial charge in [-0.3, -0.25) is 4.72 Å². The van der Waals surface area contributed by atoms with Crippen molar-refractivity contribution in [3.63, 3.8) is 0 Å². The van der Waals surface area contributed by atoms with Crippen molar-refractivity contribution in [3.8, 4) is 11.5 Å². The van der Waals surface area contributed by atoms with Crippen LogP contribution in [0.25, 0.3) is 0 Å². The Hall–Kier alpha value is -2.63. The van der Waals surface area contributed by atoms with Crippen LogP contribution in [0.2, 0.25) is 0 Å². The molecule has 0 radical (unpaired) electrons. The standard InChI is InChI=1S/C18H17F6NO4S/c1-3-28-13-5-6-16(29-4-2)15(10-13)25-30(26,27)14-8-11(17(19,20)21)7-12(9-14)18(22,23)24/h5-10,25H,3-4H2,1-2H3. The molecule has 0 aliphatic carbocycles. The Morgan fingerprint density at radius 2 is 1.37 bits per heavy atom. The number of hydrogen-bond acceptors (Lipinski definition) is 4. The van der Waals surface area contributed by atoms with Crippen LogP contribution in [0.3, 0.4) is 0 Å². The van der Waals surface area contributed by atoms with Gasteiger partial charge in [0.15, 0.2) is 0 Å². The summed E-state index contributed by atoms with van der Waals surface area (Å²) in [6.45, 7) is 3.64. The lowest BCUT2D eigenvalue weighted by molar-refractivity contribution is -0.143. The molecule has 0 spiro atoms. The van der Waals surface area contributed by atoms with Crippen LogP contribution in [-0.2, 0) is 22.4 Å². The van der Waals surface area contributed by atoms with Gasteiger partial charge >= 0.3 is 12.4 Å². The molecule has 0 saturated heterocycles. The number of alkyl halides is 6. The highest BCUT2D eigenvalue weighted by molar-refractivity contribution is 7.92. The van der Waals surface area contributed by atoms with Crippen molar-refractivity contribution >= 4 is 15.7 Å². The fourth-order valence-corrected chi connectivity index (χ4v) is 3.54. The van der Waals surface area contributed by atoms with E-state index >= 15 is 0 Å². The fourth-order valence-electron chi connectivity index (χ4n) is 2.41. The van der Waals surface area contributed by atoms with Crippen molar-refractivity contribution in [2.24, 2.45) is 0 Å². The Balaban J connectivity index is 2.58. The van der Waals surface area contributed by atoms with Gasteiger partial charge in [-0.1, -0.05) is 0 Å². The average molecular weight is 457 g/mol. The number of sulfonamides is 1. The molecule has 0 saturated carbocycles. The molecule has 1 N–H and O–H groups in total. The minimum atomic E-state index is -5.18. The van der Waals surface area contributed by atoms with Gasteiger partial charge < -0.3 is 9.47 Å². The minimum absolute atomic E-state index is 0.0209. The van der Waals surface area contributed by atoms with Gasteiger partial charge in [-0.05, 0) is 44.2 Å². The Morgan fingerprint density at radius 1 is 0.833 bits per heavy atom. The number of benzene rings is 2. The van der Waals surface area contributed by atoms with Crippen molar-refractivity contribution in [1.82, 2.24) is 0 Å². The second kappa shape index (κ2) is 8.62. The summed E-state index contributed by atoms with van der Waals surface area (Å²) >= 11 is 0. The third kappa shape index (κ3) is 5.71. The first-order valence-corrected chi connectivity index (χ1v) is 9.98. The smallest absolute Gasteiger partial charge is 0.416 e. The maximum absolute atomic E-state index is 13.0. The van der Waals surface area contributed by atoms with Gasteiger partial charge in [-0.25, -0.2) is 8.42 Å². The van der Waals surface area contributed by atoms with Crippen LogP contribution < -0.4 is 14.2 Å². The van der Waals surface area contributed by atoms with E-state index in [9.17, 15) is 34.8 Å². The molecule has 166 valence electrons. The van der Waals surface area contributed by atoms with E-state index in [0.29, 0.717) is 0 Å². The van der Waals surface area contributed by atoms with Gasteiger partial charge in [-0.2, -0.15) is 26.3 Å². The maximum atomic E-state index is 13.0. The second-order valence-corrected chi connectivity index (χ2v) is 7.55. The molecule has 12 heteroatoms. The molecule has 5 nitrogen and oxygen atoms in total. The highest BCUT2D eigenvalue weighted by atomic mass is 32.2. The molecule has 0 heterocycles. The molecule has 2 aromatic carbocycles. The third-order valence-electron chi connectivity index (χ3n) is 3.68. The van der Waals surface area contributed by atoms with E-state index in [1.807, 2.05) is 4.72 Å². The van der Waals surface area contributed by atoms with Crippen molar-refractivity contribution in [3.05, 3.63) is 47.5 Å². The van der Waals surface area contributed by atoms with E-state index in [1.165, 1.54) is 18.2 Å². The Morgan fingerprint density at radius 3 is 1.83 bits per heavy atom. The first kappa shape index (κ1) is 23.6. The number of ether oxygens (including phenoxy) is 2. The predicted molar refractivity (Wildman–Crippen MR) is 96.0 cm³/mol. The van der Waals surface area contributed by atoms with Crippen molar-refractivity contribution in [2.45, 2.75) is 31.1 Å². The molecule has 0 aromatic heterocycles. The van der Waals surface area contributed by atoms with E-state index in [0.717, 1.165) is 0 Å². The van der Waals surface area contributed by atoms with E-state index in [1.54, 1.807) is 13.8 Å². The molecule has 30 heavy (non-hydrogen) atoms. The van der Waals surface area contributed by atoms with E-state index in [4.69, 9.17) is 9.47 Å². The van der Waals surface area contributed by atoms with Gasteiger partial charge in [0.05, 0.1) is 34.9 Å². The zero-order valence-corrected chi connectivity index (χ0v) is 16.5. The summed E-state index contributed by atoms with van der Waals surface area (Å²) < 4.78 is 116. The molecule has 0 atom stereocenters. The SMILES string of the molecule is CCOc1ccc(OCC)c(NS(=O)(=O)c2cc(C(F)(F)F)cc(C(F)(F)F)c2)c1. The predicted octanol–water partition coefficient (Wildman–Crippen LogP) is 5.32. The lowest BCUT2D eigenvalue weighted by Gasteiger charge is -2.17. The maximum Gasteiger partial charge on any atom is 0.416 e. The van der Waals surface area contributed by atoms with E-state index in [2.05, 4.69) is 0 Å². The molecular weight excluding hydrogens is 440 g/mol. The lowest BCUT2D eigenvalue weighted by Crippen LogP contribution is -2.18. The van der Waals surface area contributed by atoms with Gasteiger partial charge in [-0.15, -0.1) is 0 Å². The number of anilines is 1. The second-order valence-electron chi connectivity index (χ2n) is 5.87. The summed E-state index contributed by atoms with van der Waals surface area (Å²) in [4.78, 5) is -1.20. The molecule has 0 unspecified atom stereocenters. The van der Waals surface area contributed by atoms with Crippen LogP contribution in [-0.4, -0.2) is 21.6 Å². The zero-order chi connectivity index (χ0) is 22.7. The fraction of sp³-hybridized carbons (Fsp3) is 0.333. The van der Waals surface area contributed by atoms with Crippen molar-refractivity contribution < 1.29 is 44.2 Å². The summed E-state index contributed by atoms with van der Waals surface area (Å²) in [5.74, 6) is 0.242. The Bertz CT molecular complexity index is 970. The average Bonchev–Trinajstić information content (AvgIpc) is 2.62. The van der Waals surface area contributed by atoms with Crippen molar-refractivity contribution in [2.75, 3.05) is 17.9 Å². The highest BCUT2D eigenvalue weighted by Crippen LogP contribution is 2.38. The van der Waals surface area contributed by atoms with E-state index in [-0.39, 0.29) is 48.6 Å². The largest absolute Gasteiger partial charge is 0.494 e. The Kier molecular flexibility index (Phi) is 6.80. The molecule has 0 bridgehead atoms. The number of rotatable bonds is 7. The molecule has 2 aromatic rings. The number of halogens is 6. The lowest BCUT2D eigenvalue weighted by atomic mass is 10.1. The summed E-state index contributed by atoms with van der Waals surface area (Å²) in [5.41, 5.74) is -3.69. The van der Waals surface area contributed by atoms with Crippen LogP contribution in [0.15, 0.2) is 41.3 Å². The van der Waals surface area contributed by atoms with Crippen LogP contribution in [0, 0.1) is 0 Å².